The van der Waals surface area contributed by atoms with E-state index in [1.807, 2.05) is 11.8 Å². The van der Waals surface area contributed by atoms with Crippen LogP contribution in [0.3, 0.4) is 0 Å². The van der Waals surface area contributed by atoms with Crippen molar-refractivity contribution in [2.75, 3.05) is 32.9 Å². The van der Waals surface area contributed by atoms with Crippen molar-refractivity contribution >= 4 is 5.91 Å². The first-order valence-electron chi connectivity index (χ1n) is 7.32. The number of rotatable bonds is 4. The molecule has 2 heterocycles. The summed E-state index contributed by atoms with van der Waals surface area (Å²) >= 11 is 0. The van der Waals surface area contributed by atoms with Gasteiger partial charge in [-0.1, -0.05) is 6.92 Å². The average Bonchev–Trinajstić information content (AvgIpc) is 2.77. The van der Waals surface area contributed by atoms with Gasteiger partial charge in [-0.2, -0.15) is 0 Å². The van der Waals surface area contributed by atoms with Crippen LogP contribution in [-0.2, 0) is 14.3 Å². The van der Waals surface area contributed by atoms with Gasteiger partial charge in [-0.05, 0) is 26.2 Å². The molecule has 2 aliphatic heterocycles. The van der Waals surface area contributed by atoms with Crippen molar-refractivity contribution < 1.29 is 14.3 Å². The summed E-state index contributed by atoms with van der Waals surface area (Å²) in [7, 11) is 0. The van der Waals surface area contributed by atoms with Crippen LogP contribution in [0.2, 0.25) is 0 Å². The van der Waals surface area contributed by atoms with E-state index >= 15 is 0 Å². The predicted octanol–water partition coefficient (Wildman–Crippen LogP) is 0.768. The van der Waals surface area contributed by atoms with Crippen LogP contribution in [0, 0.1) is 5.41 Å². The van der Waals surface area contributed by atoms with Gasteiger partial charge in [0.1, 0.15) is 0 Å². The molecule has 0 aromatic rings. The van der Waals surface area contributed by atoms with Gasteiger partial charge in [0.2, 0.25) is 5.91 Å². The smallest absolute Gasteiger partial charge is 0.232 e. The Morgan fingerprint density at radius 1 is 1.58 bits per heavy atom. The molecule has 5 nitrogen and oxygen atoms in total. The van der Waals surface area contributed by atoms with Crippen LogP contribution in [-0.4, -0.2) is 55.9 Å². The Kier molecular flexibility index (Phi) is 4.81. The molecule has 0 bridgehead atoms. The van der Waals surface area contributed by atoms with Crippen molar-refractivity contribution in [3.8, 4) is 0 Å². The van der Waals surface area contributed by atoms with Gasteiger partial charge in [-0.15, -0.1) is 0 Å². The van der Waals surface area contributed by atoms with Crippen molar-refractivity contribution in [1.82, 2.24) is 4.90 Å². The Morgan fingerprint density at radius 3 is 3.00 bits per heavy atom. The monoisotopic (exact) mass is 270 g/mol. The number of hydrogen-bond acceptors (Lipinski definition) is 4. The van der Waals surface area contributed by atoms with Crippen LogP contribution in [0.4, 0.5) is 0 Å². The lowest BCUT2D eigenvalue weighted by Crippen LogP contribution is -2.54. The number of nitrogens with two attached hydrogens (primary N) is 1. The largest absolute Gasteiger partial charge is 0.379 e. The topological polar surface area (TPSA) is 64.8 Å². The normalized spacial score (nSPS) is 35.6. The maximum atomic E-state index is 12.7. The van der Waals surface area contributed by atoms with Crippen LogP contribution in [0.15, 0.2) is 0 Å². The lowest BCUT2D eigenvalue weighted by atomic mass is 9.83. The number of hydrogen-bond donors (Lipinski definition) is 1. The van der Waals surface area contributed by atoms with Crippen molar-refractivity contribution in [3.63, 3.8) is 0 Å². The Labute approximate surface area is 115 Å². The van der Waals surface area contributed by atoms with E-state index < -0.39 is 5.41 Å². The summed E-state index contributed by atoms with van der Waals surface area (Å²) in [6.45, 7) is 7.21. The molecular formula is C14H26N2O3. The molecule has 0 radical (unpaired) electrons. The van der Waals surface area contributed by atoms with Crippen molar-refractivity contribution in [1.29, 1.82) is 0 Å². The lowest BCUT2D eigenvalue weighted by molar-refractivity contribution is -0.146. The first-order chi connectivity index (χ1) is 9.08. The van der Waals surface area contributed by atoms with E-state index in [0.29, 0.717) is 19.8 Å². The highest BCUT2D eigenvalue weighted by Gasteiger charge is 2.47. The molecule has 3 unspecified atom stereocenters. The predicted molar refractivity (Wildman–Crippen MR) is 72.7 cm³/mol. The van der Waals surface area contributed by atoms with E-state index in [9.17, 15) is 4.79 Å². The van der Waals surface area contributed by atoms with Gasteiger partial charge in [-0.25, -0.2) is 0 Å². The molecule has 1 amide bonds. The third kappa shape index (κ3) is 3.09. The van der Waals surface area contributed by atoms with E-state index in [0.717, 1.165) is 32.4 Å². The number of amides is 1. The van der Waals surface area contributed by atoms with Gasteiger partial charge >= 0.3 is 0 Å². The number of piperidine rings is 1. The maximum Gasteiger partial charge on any atom is 0.232 e. The molecule has 110 valence electrons. The molecular weight excluding hydrogens is 244 g/mol. The van der Waals surface area contributed by atoms with E-state index in [-0.39, 0.29) is 18.1 Å². The lowest BCUT2D eigenvalue weighted by Gasteiger charge is -2.38. The number of carbonyl (C=O) groups excluding carboxylic acids is 1. The summed E-state index contributed by atoms with van der Waals surface area (Å²) in [5.74, 6) is 0.127. The van der Waals surface area contributed by atoms with E-state index in [1.165, 1.54) is 0 Å². The number of nitrogens with zero attached hydrogens (tertiary/aromatic N) is 1. The summed E-state index contributed by atoms with van der Waals surface area (Å²) in [4.78, 5) is 14.6. The van der Waals surface area contributed by atoms with Crippen LogP contribution in [0.25, 0.3) is 0 Å². The van der Waals surface area contributed by atoms with Crippen molar-refractivity contribution in [2.24, 2.45) is 11.1 Å². The minimum absolute atomic E-state index is 0.127. The minimum atomic E-state index is -0.563. The maximum absolute atomic E-state index is 12.7. The highest BCUT2D eigenvalue weighted by molar-refractivity contribution is 5.83. The fourth-order valence-corrected chi connectivity index (χ4v) is 2.81. The first-order valence-corrected chi connectivity index (χ1v) is 7.32. The van der Waals surface area contributed by atoms with Gasteiger partial charge in [0, 0.05) is 25.7 Å². The summed E-state index contributed by atoms with van der Waals surface area (Å²) in [6.07, 6.45) is 3.25. The third-order valence-electron chi connectivity index (χ3n) is 4.23. The standard InChI is InChI=1S/C14H26N2O3/c1-3-7-19-11-5-4-6-16(8-11)13(17)14(2)10-18-9-12(14)15/h11-12H,3-10,15H2,1-2H3. The zero-order valence-corrected chi connectivity index (χ0v) is 12.1. The Morgan fingerprint density at radius 2 is 2.37 bits per heavy atom. The molecule has 3 atom stereocenters. The van der Waals surface area contributed by atoms with Crippen LogP contribution in [0.5, 0.6) is 0 Å². The Bertz CT molecular complexity index is 324. The second-order valence-corrected chi connectivity index (χ2v) is 5.93. The van der Waals surface area contributed by atoms with Gasteiger partial charge in [0.05, 0.1) is 24.7 Å². The molecule has 2 rings (SSSR count). The second-order valence-electron chi connectivity index (χ2n) is 5.93. The zero-order chi connectivity index (χ0) is 13.9. The van der Waals surface area contributed by atoms with Gasteiger partial charge in [0.25, 0.3) is 0 Å². The molecule has 19 heavy (non-hydrogen) atoms. The molecule has 0 aliphatic carbocycles. The SMILES string of the molecule is CCCOC1CCCN(C(=O)C2(C)COCC2N)C1. The summed E-state index contributed by atoms with van der Waals surface area (Å²) in [6, 6.07) is -0.197. The molecule has 0 aromatic heterocycles. The third-order valence-corrected chi connectivity index (χ3v) is 4.23. The highest BCUT2D eigenvalue weighted by atomic mass is 16.5. The molecule has 0 saturated carbocycles. The molecule has 2 fully saturated rings. The van der Waals surface area contributed by atoms with Crippen molar-refractivity contribution in [3.05, 3.63) is 0 Å². The van der Waals surface area contributed by atoms with Crippen LogP contribution in [0.1, 0.15) is 33.1 Å². The average molecular weight is 270 g/mol. The van der Waals surface area contributed by atoms with E-state index in [4.69, 9.17) is 15.2 Å². The van der Waals surface area contributed by atoms with Crippen molar-refractivity contribution in [2.45, 2.75) is 45.3 Å². The van der Waals surface area contributed by atoms with E-state index in [2.05, 4.69) is 6.92 Å². The quantitative estimate of drug-likeness (QED) is 0.819. The molecule has 5 heteroatoms. The minimum Gasteiger partial charge on any atom is -0.379 e. The zero-order valence-electron chi connectivity index (χ0n) is 12.1. The van der Waals surface area contributed by atoms with E-state index in [1.54, 1.807) is 0 Å². The summed E-state index contributed by atoms with van der Waals surface area (Å²) < 4.78 is 11.2. The van der Waals surface area contributed by atoms with Gasteiger partial charge in [-0.3, -0.25) is 4.79 Å². The van der Waals surface area contributed by atoms with Crippen LogP contribution >= 0.6 is 0 Å². The number of likely N-dealkylation sites (tertiary alicyclic amines) is 1. The molecule has 2 N–H and O–H groups in total. The first kappa shape index (κ1) is 14.8. The van der Waals surface area contributed by atoms with Crippen LogP contribution < -0.4 is 5.73 Å². The summed E-state index contributed by atoms with van der Waals surface area (Å²) in [5.41, 5.74) is 5.47. The second kappa shape index (κ2) is 6.20. The fraction of sp³-hybridized carbons (Fsp3) is 0.929. The molecule has 0 spiro atoms. The van der Waals surface area contributed by atoms with Gasteiger partial charge in [0.15, 0.2) is 0 Å². The Balaban J connectivity index is 1.95. The molecule has 2 aliphatic rings. The number of carbonyl (C=O) groups is 1. The molecule has 2 saturated heterocycles. The summed E-state index contributed by atoms with van der Waals surface area (Å²) in [5, 5.41) is 0. The molecule has 0 aromatic carbocycles. The highest BCUT2D eigenvalue weighted by Crippen LogP contribution is 2.30. The fourth-order valence-electron chi connectivity index (χ4n) is 2.81. The number of ether oxygens (including phenoxy) is 2. The van der Waals surface area contributed by atoms with Gasteiger partial charge < -0.3 is 20.1 Å². The Hall–Kier alpha value is -0.650.